The molecule has 0 radical (unpaired) electrons. The molecule has 6 nitrogen and oxygen atoms in total. The summed E-state index contributed by atoms with van der Waals surface area (Å²) in [6, 6.07) is 3.56. The smallest absolute Gasteiger partial charge is 0.267 e. The minimum atomic E-state index is -0.191. The molecule has 3 heterocycles. The molecule has 0 aliphatic heterocycles. The van der Waals surface area contributed by atoms with Crippen LogP contribution in [0.15, 0.2) is 28.3 Å². The topological polar surface area (TPSA) is 84.0 Å². The first-order chi connectivity index (χ1) is 11.1. The zero-order valence-corrected chi connectivity index (χ0v) is 14.5. The summed E-state index contributed by atoms with van der Waals surface area (Å²) in [5.74, 6) is -0.371. The third-order valence-corrected chi connectivity index (χ3v) is 5.27. The first-order valence-electron chi connectivity index (χ1n) is 6.61. The standard InChI is InChI=1S/C14H12N4O2S3/c1-8-6-22-13(15-8)17-11(19)5-9-7-23-14(16-9)18-12(20)10-3-2-4-21-10/h2-4,6-7H,5H2,1H3,(H,15,17,19)(H,16,18,20). The molecule has 0 aliphatic carbocycles. The van der Waals surface area contributed by atoms with Crippen molar-refractivity contribution < 1.29 is 9.59 Å². The fourth-order valence-electron chi connectivity index (χ4n) is 1.75. The predicted octanol–water partition coefficient (Wildman–Crippen LogP) is 3.40. The van der Waals surface area contributed by atoms with Crippen molar-refractivity contribution in [3.05, 3.63) is 44.5 Å². The number of rotatable bonds is 5. The quantitative estimate of drug-likeness (QED) is 0.727. The number of nitrogens with one attached hydrogen (secondary N) is 2. The van der Waals surface area contributed by atoms with Crippen molar-refractivity contribution in [3.63, 3.8) is 0 Å². The Labute approximate surface area is 144 Å². The minimum Gasteiger partial charge on any atom is -0.302 e. The van der Waals surface area contributed by atoms with Crippen LogP contribution in [0, 0.1) is 6.92 Å². The Morgan fingerprint density at radius 3 is 2.57 bits per heavy atom. The lowest BCUT2D eigenvalue weighted by molar-refractivity contribution is -0.115. The molecule has 0 aliphatic rings. The molecule has 0 atom stereocenters. The molecule has 23 heavy (non-hydrogen) atoms. The van der Waals surface area contributed by atoms with Gasteiger partial charge < -0.3 is 5.32 Å². The van der Waals surface area contributed by atoms with Crippen molar-refractivity contribution >= 4 is 56.1 Å². The highest BCUT2D eigenvalue weighted by Crippen LogP contribution is 2.19. The van der Waals surface area contributed by atoms with Crippen molar-refractivity contribution in [2.24, 2.45) is 0 Å². The van der Waals surface area contributed by atoms with Gasteiger partial charge in [-0.25, -0.2) is 9.97 Å². The van der Waals surface area contributed by atoms with Gasteiger partial charge in [0, 0.05) is 10.8 Å². The van der Waals surface area contributed by atoms with Crippen molar-refractivity contribution in [1.82, 2.24) is 9.97 Å². The molecule has 3 aromatic heterocycles. The van der Waals surface area contributed by atoms with E-state index in [2.05, 4.69) is 20.6 Å². The zero-order chi connectivity index (χ0) is 16.2. The molecule has 0 aromatic carbocycles. The Balaban J connectivity index is 1.56. The SMILES string of the molecule is Cc1csc(NC(=O)Cc2csc(NC(=O)c3cccs3)n2)n1. The Morgan fingerprint density at radius 1 is 1.09 bits per heavy atom. The molecular weight excluding hydrogens is 352 g/mol. The molecule has 0 saturated heterocycles. The average molecular weight is 364 g/mol. The van der Waals surface area contributed by atoms with Crippen LogP contribution in [0.25, 0.3) is 0 Å². The Kier molecular flexibility index (Phi) is 4.79. The molecule has 2 N–H and O–H groups in total. The summed E-state index contributed by atoms with van der Waals surface area (Å²) in [7, 11) is 0. The highest BCUT2D eigenvalue weighted by Gasteiger charge is 2.12. The number of aryl methyl sites for hydroxylation is 1. The number of thiophene rings is 1. The lowest BCUT2D eigenvalue weighted by atomic mass is 10.3. The molecule has 9 heteroatoms. The Morgan fingerprint density at radius 2 is 1.87 bits per heavy atom. The van der Waals surface area contributed by atoms with Crippen LogP contribution in [0.3, 0.4) is 0 Å². The van der Waals surface area contributed by atoms with Gasteiger partial charge in [0.15, 0.2) is 10.3 Å². The van der Waals surface area contributed by atoms with Crippen molar-refractivity contribution in [2.45, 2.75) is 13.3 Å². The number of anilines is 2. The highest BCUT2D eigenvalue weighted by molar-refractivity contribution is 7.14. The van der Waals surface area contributed by atoms with Gasteiger partial charge in [0.25, 0.3) is 5.91 Å². The number of carbonyl (C=O) groups excluding carboxylic acids is 2. The molecule has 2 amide bonds. The molecule has 0 spiro atoms. The summed E-state index contributed by atoms with van der Waals surface area (Å²) in [5, 5.41) is 12.0. The van der Waals surface area contributed by atoms with Gasteiger partial charge in [0.1, 0.15) is 0 Å². The van der Waals surface area contributed by atoms with Gasteiger partial charge in [0.05, 0.1) is 22.7 Å². The third-order valence-electron chi connectivity index (χ3n) is 2.72. The highest BCUT2D eigenvalue weighted by atomic mass is 32.1. The molecule has 0 bridgehead atoms. The number of thiazole rings is 2. The van der Waals surface area contributed by atoms with Crippen molar-refractivity contribution in [3.8, 4) is 0 Å². The van der Waals surface area contributed by atoms with Gasteiger partial charge >= 0.3 is 0 Å². The van der Waals surface area contributed by atoms with E-state index in [4.69, 9.17) is 0 Å². The first-order valence-corrected chi connectivity index (χ1v) is 9.25. The maximum Gasteiger partial charge on any atom is 0.267 e. The maximum absolute atomic E-state index is 11.9. The predicted molar refractivity (Wildman–Crippen MR) is 93.6 cm³/mol. The summed E-state index contributed by atoms with van der Waals surface area (Å²) >= 11 is 4.05. The van der Waals surface area contributed by atoms with E-state index in [0.717, 1.165) is 5.69 Å². The Hall–Kier alpha value is -2.10. The second-order valence-electron chi connectivity index (χ2n) is 4.59. The summed E-state index contributed by atoms with van der Waals surface area (Å²) in [6.45, 7) is 1.87. The number of amides is 2. The van der Waals surface area contributed by atoms with Crippen LogP contribution in [0.1, 0.15) is 21.1 Å². The van der Waals surface area contributed by atoms with E-state index in [1.165, 1.54) is 34.0 Å². The van der Waals surface area contributed by atoms with E-state index >= 15 is 0 Å². The van der Waals surface area contributed by atoms with Gasteiger partial charge in [-0.15, -0.1) is 34.0 Å². The van der Waals surface area contributed by atoms with E-state index in [-0.39, 0.29) is 18.2 Å². The fraction of sp³-hybridized carbons (Fsp3) is 0.143. The van der Waals surface area contributed by atoms with Crippen LogP contribution < -0.4 is 10.6 Å². The summed E-state index contributed by atoms with van der Waals surface area (Å²) in [4.78, 5) is 32.9. The summed E-state index contributed by atoms with van der Waals surface area (Å²) in [5.41, 5.74) is 1.49. The van der Waals surface area contributed by atoms with E-state index in [1.807, 2.05) is 23.8 Å². The van der Waals surface area contributed by atoms with Crippen LogP contribution in [0.2, 0.25) is 0 Å². The monoisotopic (exact) mass is 364 g/mol. The fourth-order valence-corrected chi connectivity index (χ4v) is 3.78. The molecular formula is C14H12N4O2S3. The van der Waals surface area contributed by atoms with E-state index < -0.39 is 0 Å². The van der Waals surface area contributed by atoms with Gasteiger partial charge in [-0.1, -0.05) is 6.07 Å². The second-order valence-corrected chi connectivity index (χ2v) is 7.26. The first kappa shape index (κ1) is 15.8. The summed E-state index contributed by atoms with van der Waals surface area (Å²) < 4.78 is 0. The number of carbonyl (C=O) groups is 2. The molecule has 0 saturated carbocycles. The van der Waals surface area contributed by atoms with E-state index in [1.54, 1.807) is 11.4 Å². The number of hydrogen-bond acceptors (Lipinski definition) is 7. The van der Waals surface area contributed by atoms with Gasteiger partial charge in [-0.3, -0.25) is 14.9 Å². The van der Waals surface area contributed by atoms with E-state index in [0.29, 0.717) is 20.8 Å². The van der Waals surface area contributed by atoms with Gasteiger partial charge in [-0.05, 0) is 18.4 Å². The lowest BCUT2D eigenvalue weighted by Gasteiger charge is -1.99. The molecule has 3 aromatic rings. The molecule has 0 fully saturated rings. The average Bonchev–Trinajstić information content (AvgIpc) is 3.21. The van der Waals surface area contributed by atoms with Crippen LogP contribution >= 0.6 is 34.0 Å². The Bertz CT molecular complexity index is 823. The summed E-state index contributed by atoms with van der Waals surface area (Å²) in [6.07, 6.45) is 0.143. The number of hydrogen-bond donors (Lipinski definition) is 2. The van der Waals surface area contributed by atoms with Crippen LogP contribution in [-0.2, 0) is 11.2 Å². The van der Waals surface area contributed by atoms with Gasteiger partial charge in [0.2, 0.25) is 5.91 Å². The van der Waals surface area contributed by atoms with Crippen LogP contribution in [0.4, 0.5) is 10.3 Å². The molecule has 118 valence electrons. The normalized spacial score (nSPS) is 10.5. The lowest BCUT2D eigenvalue weighted by Crippen LogP contribution is -2.15. The minimum absolute atomic E-state index is 0.143. The van der Waals surface area contributed by atoms with Crippen molar-refractivity contribution in [1.29, 1.82) is 0 Å². The van der Waals surface area contributed by atoms with Crippen molar-refractivity contribution in [2.75, 3.05) is 10.6 Å². The zero-order valence-electron chi connectivity index (χ0n) is 12.0. The van der Waals surface area contributed by atoms with Crippen LogP contribution in [0.5, 0.6) is 0 Å². The molecule has 3 rings (SSSR count). The largest absolute Gasteiger partial charge is 0.302 e. The van der Waals surface area contributed by atoms with E-state index in [9.17, 15) is 9.59 Å². The third kappa shape index (κ3) is 4.21. The maximum atomic E-state index is 11.9. The number of aromatic nitrogens is 2. The van der Waals surface area contributed by atoms with Crippen LogP contribution in [-0.4, -0.2) is 21.8 Å². The molecule has 0 unspecified atom stereocenters. The number of nitrogens with zero attached hydrogens (tertiary/aromatic N) is 2. The second kappa shape index (κ2) is 6.99. The van der Waals surface area contributed by atoms with Gasteiger partial charge in [-0.2, -0.15) is 0 Å².